The third-order valence-electron chi connectivity index (χ3n) is 6.45. The Morgan fingerprint density at radius 1 is 0.846 bits per heavy atom. The van der Waals surface area contributed by atoms with Crippen LogP contribution in [0.4, 0.5) is 11.4 Å². The highest BCUT2D eigenvalue weighted by atomic mass is 16.2. The summed E-state index contributed by atoms with van der Waals surface area (Å²) in [5.74, 6) is 0.298. The monoisotopic (exact) mass is 355 g/mol. The number of benzene rings is 1. The molecule has 0 atom stereocenters. The first-order valence-electron chi connectivity index (χ1n) is 10.7. The molecule has 1 aromatic rings. The van der Waals surface area contributed by atoms with Crippen LogP contribution in [0.5, 0.6) is 0 Å². The first-order chi connectivity index (χ1) is 12.8. The molecule has 0 bridgehead atoms. The van der Waals surface area contributed by atoms with E-state index >= 15 is 0 Å². The van der Waals surface area contributed by atoms with Gasteiger partial charge in [0.1, 0.15) is 0 Å². The summed E-state index contributed by atoms with van der Waals surface area (Å²) < 4.78 is 0. The van der Waals surface area contributed by atoms with Crippen LogP contribution in [-0.4, -0.2) is 49.6 Å². The summed E-state index contributed by atoms with van der Waals surface area (Å²) in [5.41, 5.74) is 2.41. The van der Waals surface area contributed by atoms with Gasteiger partial charge in [-0.15, -0.1) is 0 Å². The van der Waals surface area contributed by atoms with Crippen molar-refractivity contribution < 1.29 is 4.79 Å². The van der Waals surface area contributed by atoms with Gasteiger partial charge < -0.3 is 14.7 Å². The summed E-state index contributed by atoms with van der Waals surface area (Å²) in [6.07, 6.45) is 11.3. The van der Waals surface area contributed by atoms with E-state index in [4.69, 9.17) is 0 Å². The summed E-state index contributed by atoms with van der Waals surface area (Å²) in [5, 5.41) is 0. The van der Waals surface area contributed by atoms with Gasteiger partial charge in [-0.2, -0.15) is 0 Å². The number of rotatable bonds is 4. The zero-order valence-electron chi connectivity index (χ0n) is 16.0. The molecule has 2 aliphatic heterocycles. The lowest BCUT2D eigenvalue weighted by Gasteiger charge is -2.43. The van der Waals surface area contributed by atoms with Gasteiger partial charge in [-0.25, -0.2) is 0 Å². The molecular weight excluding hydrogens is 322 g/mol. The van der Waals surface area contributed by atoms with E-state index in [1.54, 1.807) is 0 Å². The number of fused-ring (bicyclic) bond motifs is 1. The van der Waals surface area contributed by atoms with E-state index < -0.39 is 0 Å². The summed E-state index contributed by atoms with van der Waals surface area (Å²) in [7, 11) is 0. The second kappa shape index (κ2) is 8.43. The van der Waals surface area contributed by atoms with Crippen molar-refractivity contribution in [2.24, 2.45) is 0 Å². The molecular formula is C22H33N3O. The normalized spacial score (nSPS) is 22.3. The van der Waals surface area contributed by atoms with E-state index in [-0.39, 0.29) is 0 Å². The Balaban J connectivity index is 1.44. The number of hydrogen-bond donors (Lipinski definition) is 0. The van der Waals surface area contributed by atoms with Gasteiger partial charge in [0.25, 0.3) is 0 Å². The molecule has 1 saturated heterocycles. The molecule has 26 heavy (non-hydrogen) atoms. The Kier molecular flexibility index (Phi) is 5.78. The molecule has 2 fully saturated rings. The fourth-order valence-electron chi connectivity index (χ4n) is 4.99. The molecule has 1 aliphatic carbocycles. The van der Waals surface area contributed by atoms with Crippen LogP contribution < -0.4 is 9.80 Å². The molecule has 4 heteroatoms. The molecule has 0 unspecified atom stereocenters. The summed E-state index contributed by atoms with van der Waals surface area (Å²) in [4.78, 5) is 20.1. The largest absolute Gasteiger partial charge is 0.365 e. The number of carbonyl (C=O) groups excluding carboxylic acids is 1. The molecule has 0 aromatic heterocycles. The summed E-state index contributed by atoms with van der Waals surface area (Å²) >= 11 is 0. The topological polar surface area (TPSA) is 26.8 Å². The molecule has 4 rings (SSSR count). The van der Waals surface area contributed by atoms with E-state index in [0.717, 1.165) is 25.3 Å². The molecule has 0 radical (unpaired) electrons. The average molecular weight is 356 g/mol. The molecule has 0 N–H and O–H groups in total. The summed E-state index contributed by atoms with van der Waals surface area (Å²) in [6.45, 7) is 5.08. The highest BCUT2D eigenvalue weighted by Gasteiger charge is 2.31. The lowest BCUT2D eigenvalue weighted by Crippen LogP contribution is -2.49. The minimum atomic E-state index is 0.298. The molecule has 4 nitrogen and oxygen atoms in total. The van der Waals surface area contributed by atoms with Crippen molar-refractivity contribution in [1.29, 1.82) is 0 Å². The van der Waals surface area contributed by atoms with Gasteiger partial charge in [-0.1, -0.05) is 37.8 Å². The summed E-state index contributed by atoms with van der Waals surface area (Å²) in [6, 6.07) is 9.22. The molecule has 1 aromatic carbocycles. The Morgan fingerprint density at radius 2 is 1.54 bits per heavy atom. The van der Waals surface area contributed by atoms with Crippen LogP contribution in [0.3, 0.4) is 0 Å². The maximum absolute atomic E-state index is 13.0. The van der Waals surface area contributed by atoms with Gasteiger partial charge in [-0.05, 0) is 50.9 Å². The first kappa shape index (κ1) is 17.8. The number of para-hydroxylation sites is 2. The van der Waals surface area contributed by atoms with Crippen molar-refractivity contribution in [3.63, 3.8) is 0 Å². The third kappa shape index (κ3) is 3.90. The number of anilines is 2. The minimum absolute atomic E-state index is 0.298. The Morgan fingerprint density at radius 3 is 2.31 bits per heavy atom. The molecule has 2 heterocycles. The van der Waals surface area contributed by atoms with E-state index in [1.165, 1.54) is 70.1 Å². The van der Waals surface area contributed by atoms with Crippen LogP contribution in [0.25, 0.3) is 0 Å². The van der Waals surface area contributed by atoms with Crippen LogP contribution in [-0.2, 0) is 4.79 Å². The molecule has 0 spiro atoms. The van der Waals surface area contributed by atoms with Crippen LogP contribution >= 0.6 is 0 Å². The zero-order valence-corrected chi connectivity index (χ0v) is 16.0. The number of carbonyl (C=O) groups is 1. The highest BCUT2D eigenvalue weighted by molar-refractivity contribution is 5.98. The Bertz CT molecular complexity index is 605. The molecule has 3 aliphatic rings. The highest BCUT2D eigenvalue weighted by Crippen LogP contribution is 2.37. The van der Waals surface area contributed by atoms with Crippen LogP contribution in [0, 0.1) is 0 Å². The van der Waals surface area contributed by atoms with Gasteiger partial charge >= 0.3 is 0 Å². The first-order valence-corrected chi connectivity index (χ1v) is 10.7. The van der Waals surface area contributed by atoms with Crippen molar-refractivity contribution in [2.45, 2.75) is 63.8 Å². The van der Waals surface area contributed by atoms with Gasteiger partial charge in [0, 0.05) is 32.1 Å². The van der Waals surface area contributed by atoms with Crippen molar-refractivity contribution in [3.05, 3.63) is 24.3 Å². The van der Waals surface area contributed by atoms with E-state index in [0.29, 0.717) is 18.4 Å². The fraction of sp³-hybridized carbons (Fsp3) is 0.682. The van der Waals surface area contributed by atoms with Crippen molar-refractivity contribution in [1.82, 2.24) is 4.90 Å². The van der Waals surface area contributed by atoms with Crippen LogP contribution in [0.2, 0.25) is 0 Å². The van der Waals surface area contributed by atoms with Gasteiger partial charge in [0.05, 0.1) is 11.4 Å². The number of piperidine rings is 1. The number of nitrogens with zero attached hydrogens (tertiary/aromatic N) is 3. The molecule has 1 amide bonds. The van der Waals surface area contributed by atoms with Crippen molar-refractivity contribution in [3.8, 4) is 0 Å². The van der Waals surface area contributed by atoms with Crippen LogP contribution in [0.15, 0.2) is 24.3 Å². The SMILES string of the molecule is O=C(CCN1CCCCC1)N1CCN(C2CCCCC2)c2ccccc21. The predicted molar refractivity (Wildman–Crippen MR) is 108 cm³/mol. The zero-order chi connectivity index (χ0) is 17.8. The maximum atomic E-state index is 13.0. The van der Waals surface area contributed by atoms with Crippen LogP contribution in [0.1, 0.15) is 57.8 Å². The van der Waals surface area contributed by atoms with Gasteiger partial charge in [0.2, 0.25) is 5.91 Å². The van der Waals surface area contributed by atoms with Crippen molar-refractivity contribution in [2.75, 3.05) is 42.5 Å². The Labute approximate surface area is 158 Å². The second-order valence-corrected chi connectivity index (χ2v) is 8.17. The van der Waals surface area contributed by atoms with Gasteiger partial charge in [-0.3, -0.25) is 4.79 Å². The minimum Gasteiger partial charge on any atom is -0.365 e. The fourth-order valence-corrected chi connectivity index (χ4v) is 4.99. The maximum Gasteiger partial charge on any atom is 0.228 e. The van der Waals surface area contributed by atoms with Crippen molar-refractivity contribution >= 4 is 17.3 Å². The standard InChI is InChI=1S/C22H33N3O/c26-22(13-16-23-14-7-2-8-15-23)25-18-17-24(19-9-3-1-4-10-19)20-11-5-6-12-21(20)25/h5-6,11-12,19H,1-4,7-10,13-18H2. The third-order valence-corrected chi connectivity index (χ3v) is 6.45. The second-order valence-electron chi connectivity index (χ2n) is 8.17. The lowest BCUT2D eigenvalue weighted by atomic mass is 9.93. The molecule has 1 saturated carbocycles. The van der Waals surface area contributed by atoms with E-state index in [1.807, 2.05) is 0 Å². The average Bonchev–Trinajstić information content (AvgIpc) is 2.72. The number of likely N-dealkylation sites (tertiary alicyclic amines) is 1. The van der Waals surface area contributed by atoms with E-state index in [9.17, 15) is 4.79 Å². The predicted octanol–water partition coefficient (Wildman–Crippen LogP) is 4.05. The number of amides is 1. The molecule has 142 valence electrons. The smallest absolute Gasteiger partial charge is 0.228 e. The number of hydrogen-bond acceptors (Lipinski definition) is 3. The van der Waals surface area contributed by atoms with Gasteiger partial charge in [0.15, 0.2) is 0 Å². The van der Waals surface area contributed by atoms with E-state index in [2.05, 4.69) is 39.0 Å². The lowest BCUT2D eigenvalue weighted by molar-refractivity contribution is -0.119. The Hall–Kier alpha value is -1.55. The quantitative estimate of drug-likeness (QED) is 0.815.